The van der Waals surface area contributed by atoms with Gasteiger partial charge in [-0.25, -0.2) is 9.97 Å². The zero-order valence-corrected chi connectivity index (χ0v) is 51.1. The van der Waals surface area contributed by atoms with Crippen molar-refractivity contribution in [1.29, 1.82) is 0 Å². The summed E-state index contributed by atoms with van der Waals surface area (Å²) in [5.41, 5.74) is 4.26. The zero-order chi connectivity index (χ0) is 52.3. The van der Waals surface area contributed by atoms with Crippen molar-refractivity contribution >= 4 is 0 Å². The van der Waals surface area contributed by atoms with Crippen molar-refractivity contribution in [2.45, 2.75) is 425 Å². The monoisotopic (exact) mass is 1020 g/mol. The zero-order valence-electron chi connectivity index (χ0n) is 51.1. The molecule has 0 fully saturated rings. The summed E-state index contributed by atoms with van der Waals surface area (Å²) < 4.78 is 0. The Morgan fingerprint density at radius 3 is 0.493 bits per heavy atom. The lowest BCUT2D eigenvalue weighted by Gasteiger charge is -2.15. The van der Waals surface area contributed by atoms with Crippen LogP contribution in [0.4, 0.5) is 0 Å². The highest BCUT2D eigenvalue weighted by atomic mass is 14.9. The van der Waals surface area contributed by atoms with E-state index < -0.39 is 0 Å². The van der Waals surface area contributed by atoms with Gasteiger partial charge in [-0.2, -0.15) is 0 Å². The molecule has 0 atom stereocenters. The van der Waals surface area contributed by atoms with E-state index in [0.717, 1.165) is 18.7 Å². The van der Waals surface area contributed by atoms with E-state index in [-0.39, 0.29) is 0 Å². The van der Waals surface area contributed by atoms with Crippen molar-refractivity contribution in [3.8, 4) is 0 Å². The molecule has 0 amide bonds. The van der Waals surface area contributed by atoms with Crippen LogP contribution in [0.15, 0.2) is 0 Å². The van der Waals surface area contributed by atoms with Crippen molar-refractivity contribution in [3.63, 3.8) is 0 Å². The molecule has 0 spiro atoms. The lowest BCUT2D eigenvalue weighted by Crippen LogP contribution is -2.09. The normalized spacial score (nSPS) is 11.7. The van der Waals surface area contributed by atoms with Gasteiger partial charge < -0.3 is 0 Å². The fraction of sp³-hybridized carbons (Fsp3) is 0.930. The third-order valence-corrected chi connectivity index (χ3v) is 17.0. The summed E-state index contributed by atoms with van der Waals surface area (Å²) in [5.74, 6) is 0.776. The van der Waals surface area contributed by atoms with Crippen LogP contribution < -0.4 is 0 Å². The summed E-state index contributed by atoms with van der Waals surface area (Å²) in [4.78, 5) is 10.1. The van der Waals surface area contributed by atoms with Gasteiger partial charge in [-0.15, -0.1) is 0 Å². The van der Waals surface area contributed by atoms with Gasteiger partial charge in [0.2, 0.25) is 0 Å². The topological polar surface area (TPSA) is 25.8 Å². The number of aromatic nitrogens is 2. The van der Waals surface area contributed by atoms with Crippen LogP contribution in [0.1, 0.15) is 429 Å². The van der Waals surface area contributed by atoms with E-state index in [0.29, 0.717) is 0 Å². The third-order valence-electron chi connectivity index (χ3n) is 17.0. The molecular formula is C71H137N2. The van der Waals surface area contributed by atoms with E-state index in [2.05, 4.69) is 27.7 Å². The van der Waals surface area contributed by atoms with Crippen molar-refractivity contribution in [2.75, 3.05) is 0 Å². The van der Waals surface area contributed by atoms with Crippen molar-refractivity contribution < 1.29 is 0 Å². The first kappa shape index (κ1) is 70.1. The Morgan fingerprint density at radius 1 is 0.192 bits per heavy atom. The lowest BCUT2D eigenvalue weighted by molar-refractivity contribution is 0.520. The largest absolute Gasteiger partial charge is 0.238 e. The van der Waals surface area contributed by atoms with Gasteiger partial charge in [-0.3, -0.25) is 0 Å². The predicted molar refractivity (Wildman–Crippen MR) is 332 cm³/mol. The maximum atomic E-state index is 5.07. The molecule has 0 saturated carbocycles. The summed E-state index contributed by atoms with van der Waals surface area (Å²) in [5, 5.41) is 0. The Hall–Kier alpha value is -0.920. The highest BCUT2D eigenvalue weighted by molar-refractivity contribution is 5.27. The first-order valence-corrected chi connectivity index (χ1v) is 34.9. The number of hydrogen-bond donors (Lipinski definition) is 0. The maximum absolute atomic E-state index is 5.07. The van der Waals surface area contributed by atoms with Crippen molar-refractivity contribution in [3.05, 3.63) is 29.7 Å². The number of aryl methyl sites for hydroxylation is 2. The molecule has 0 aliphatic rings. The molecule has 0 unspecified atom stereocenters. The minimum absolute atomic E-state index is 0.776. The average Bonchev–Trinajstić information content (AvgIpc) is 3.39. The quantitative estimate of drug-likeness (QED) is 0.0608. The number of rotatable bonds is 63. The average molecular weight is 1020 g/mol. The molecule has 73 heavy (non-hydrogen) atoms. The Bertz CT molecular complexity index is 1110. The van der Waals surface area contributed by atoms with E-state index in [9.17, 15) is 0 Å². The van der Waals surface area contributed by atoms with Crippen molar-refractivity contribution in [2.24, 2.45) is 0 Å². The van der Waals surface area contributed by atoms with Crippen LogP contribution in [0.5, 0.6) is 0 Å². The Balaban J connectivity index is 2.31. The van der Waals surface area contributed by atoms with E-state index in [1.54, 1.807) is 0 Å². The molecule has 0 aliphatic carbocycles. The second kappa shape index (κ2) is 60.3. The van der Waals surface area contributed by atoms with E-state index in [1.807, 2.05) is 0 Å². The Kier molecular flexibility index (Phi) is 57.9. The predicted octanol–water partition coefficient (Wildman–Crippen LogP) is 25.8. The summed E-state index contributed by atoms with van der Waals surface area (Å²) in [7, 11) is 0. The molecule has 0 aromatic carbocycles. The minimum Gasteiger partial charge on any atom is -0.238 e. The lowest BCUT2D eigenvalue weighted by atomic mass is 9.96. The Morgan fingerprint density at radius 2 is 0.329 bits per heavy atom. The first-order chi connectivity index (χ1) is 36.2. The second-order valence-electron chi connectivity index (χ2n) is 24.4. The smallest absolute Gasteiger partial charge is 0.129 e. The summed E-state index contributed by atoms with van der Waals surface area (Å²) in [6.45, 7) is 11.3. The van der Waals surface area contributed by atoms with Gasteiger partial charge in [-0.1, -0.05) is 387 Å². The minimum atomic E-state index is 0.776. The highest BCUT2D eigenvalue weighted by Crippen LogP contribution is 2.24. The second-order valence-corrected chi connectivity index (χ2v) is 24.4. The molecule has 431 valence electrons. The number of unbranched alkanes of at least 4 members (excludes halogenated alkanes) is 57. The van der Waals surface area contributed by atoms with Crippen LogP contribution in [-0.2, 0) is 19.3 Å². The van der Waals surface area contributed by atoms with Crippen LogP contribution in [-0.4, -0.2) is 9.97 Å². The van der Waals surface area contributed by atoms with E-state index in [1.165, 1.54) is 409 Å². The van der Waals surface area contributed by atoms with Crippen molar-refractivity contribution in [1.82, 2.24) is 9.97 Å². The molecule has 0 aliphatic heterocycles. The van der Waals surface area contributed by atoms with Crippen LogP contribution in [0, 0.1) is 6.92 Å². The Labute approximate surface area is 462 Å². The molecule has 2 heteroatoms. The van der Waals surface area contributed by atoms with Gasteiger partial charge in [0, 0.05) is 18.3 Å². The van der Waals surface area contributed by atoms with Gasteiger partial charge >= 0.3 is 0 Å². The van der Waals surface area contributed by atoms with Gasteiger partial charge in [-0.05, 0) is 44.1 Å². The number of hydrogen-bond acceptors (Lipinski definition) is 2. The third kappa shape index (κ3) is 51.6. The first-order valence-electron chi connectivity index (χ1n) is 34.9. The molecule has 0 bridgehead atoms. The van der Waals surface area contributed by atoms with Gasteiger partial charge in [0.05, 0.1) is 0 Å². The fourth-order valence-electron chi connectivity index (χ4n) is 12.0. The standard InChI is InChI=1S/C71H137N2/c1-5-8-11-14-17-20-23-26-29-32-35-38-41-44-47-50-53-56-59-62-65-69-70(66-63-60-57-54-51-48-45-42-39-36-33-30-27-24-21-18-15-12-9-6-2)72-68(4)73-71(69)67-64-61-58-55-52-49-46-43-40-37-34-31-28-25-22-19-16-13-10-7-3/h4-67H2,1-3H3. The SMILES string of the molecule is [CH2]c1nc(CCCCCCCCCCCCCCCCCCCCCC)c(CCCCCCCCCCCCCCCCCCCCCC)c(CCCCCCCCCCCCCCCCCCCCCC)n1. The highest BCUT2D eigenvalue weighted by Gasteiger charge is 2.14. The molecule has 1 heterocycles. The fourth-order valence-corrected chi connectivity index (χ4v) is 12.0. The molecule has 0 N–H and O–H groups in total. The van der Waals surface area contributed by atoms with Gasteiger partial charge in [0.25, 0.3) is 0 Å². The number of nitrogens with zero attached hydrogens (tertiary/aromatic N) is 2. The molecule has 2 nitrogen and oxygen atoms in total. The summed E-state index contributed by atoms with van der Waals surface area (Å²) in [6, 6.07) is 0. The van der Waals surface area contributed by atoms with Crippen LogP contribution in [0.25, 0.3) is 0 Å². The van der Waals surface area contributed by atoms with Crippen LogP contribution in [0.3, 0.4) is 0 Å². The van der Waals surface area contributed by atoms with Crippen LogP contribution in [0.2, 0.25) is 0 Å². The van der Waals surface area contributed by atoms with E-state index in [4.69, 9.17) is 9.97 Å². The van der Waals surface area contributed by atoms with Gasteiger partial charge in [0.15, 0.2) is 0 Å². The van der Waals surface area contributed by atoms with E-state index >= 15 is 0 Å². The molecule has 1 radical (unpaired) electrons. The molecule has 1 aromatic rings. The maximum Gasteiger partial charge on any atom is 0.129 e. The molecule has 1 aromatic heterocycles. The summed E-state index contributed by atoms with van der Waals surface area (Å²) >= 11 is 0. The molecule has 0 saturated heterocycles. The molecule has 1 rings (SSSR count). The summed E-state index contributed by atoms with van der Waals surface area (Å²) in [6.07, 6.45) is 89.7. The van der Waals surface area contributed by atoms with Crippen LogP contribution >= 0.6 is 0 Å². The molecular weight excluding hydrogens is 881 g/mol. The van der Waals surface area contributed by atoms with Gasteiger partial charge in [0.1, 0.15) is 5.82 Å².